The number of nitrogens with one attached hydrogen (secondary N) is 1. The molecule has 1 N–H and O–H groups in total. The summed E-state index contributed by atoms with van der Waals surface area (Å²) in [6, 6.07) is 12.8. The molecule has 1 fully saturated rings. The Morgan fingerprint density at radius 1 is 1.07 bits per heavy atom. The number of amides is 1. The number of hydrogen-bond acceptors (Lipinski definition) is 5. The molecule has 1 aliphatic heterocycles. The number of likely N-dealkylation sites (tertiary alicyclic amines) is 1. The van der Waals surface area contributed by atoms with Gasteiger partial charge in [0, 0.05) is 11.8 Å². The van der Waals surface area contributed by atoms with Gasteiger partial charge in [-0.3, -0.25) is 14.3 Å². The van der Waals surface area contributed by atoms with E-state index in [0.29, 0.717) is 11.7 Å². The van der Waals surface area contributed by atoms with Crippen molar-refractivity contribution < 1.29 is 13.6 Å². The summed E-state index contributed by atoms with van der Waals surface area (Å²) < 4.78 is 28.7. The Balaban J connectivity index is 1.49. The number of aromatic nitrogens is 3. The molecule has 0 atom stereocenters. The monoisotopic (exact) mass is 429 g/mol. The highest BCUT2D eigenvalue weighted by Crippen LogP contribution is 2.24. The summed E-state index contributed by atoms with van der Waals surface area (Å²) in [4.78, 5) is 14.6. The maximum Gasteiger partial charge on any atom is 0.234 e. The van der Waals surface area contributed by atoms with Crippen LogP contribution in [0.3, 0.4) is 0 Å². The summed E-state index contributed by atoms with van der Waals surface area (Å²) in [5, 5.41) is 11.7. The van der Waals surface area contributed by atoms with Crippen LogP contribution in [0.1, 0.15) is 18.7 Å². The van der Waals surface area contributed by atoms with Gasteiger partial charge in [-0.05, 0) is 50.2 Å². The first-order valence-corrected chi connectivity index (χ1v) is 10.7. The van der Waals surface area contributed by atoms with Gasteiger partial charge < -0.3 is 5.32 Å². The van der Waals surface area contributed by atoms with E-state index in [1.165, 1.54) is 30.7 Å². The summed E-state index contributed by atoms with van der Waals surface area (Å²) in [5.41, 5.74) is 0.866. The van der Waals surface area contributed by atoms with Gasteiger partial charge in [-0.1, -0.05) is 30.0 Å². The molecule has 2 aromatic carbocycles. The molecule has 2 heterocycles. The molecule has 0 bridgehead atoms. The van der Waals surface area contributed by atoms with Crippen molar-refractivity contribution in [3.8, 4) is 5.69 Å². The van der Waals surface area contributed by atoms with E-state index in [2.05, 4.69) is 20.4 Å². The molecule has 30 heavy (non-hydrogen) atoms. The fourth-order valence-corrected chi connectivity index (χ4v) is 4.15. The Labute approximate surface area is 177 Å². The van der Waals surface area contributed by atoms with Gasteiger partial charge in [0.05, 0.1) is 18.0 Å². The van der Waals surface area contributed by atoms with Gasteiger partial charge in [-0.25, -0.2) is 8.78 Å². The van der Waals surface area contributed by atoms with Crippen LogP contribution < -0.4 is 5.32 Å². The number of para-hydroxylation sites is 1. The fraction of sp³-hybridized carbons (Fsp3) is 0.286. The van der Waals surface area contributed by atoms with E-state index in [0.717, 1.165) is 36.7 Å². The van der Waals surface area contributed by atoms with Crippen molar-refractivity contribution in [1.82, 2.24) is 19.7 Å². The summed E-state index contributed by atoms with van der Waals surface area (Å²) in [7, 11) is 0. The lowest BCUT2D eigenvalue weighted by atomic mass is 10.3. The third kappa shape index (κ3) is 4.85. The largest absolute Gasteiger partial charge is 0.323 e. The molecule has 0 radical (unpaired) electrons. The average Bonchev–Trinajstić information content (AvgIpc) is 3.39. The van der Waals surface area contributed by atoms with Crippen LogP contribution in [0.2, 0.25) is 0 Å². The summed E-state index contributed by atoms with van der Waals surface area (Å²) >= 11 is 1.22. The van der Waals surface area contributed by atoms with Gasteiger partial charge in [-0.15, -0.1) is 10.2 Å². The molecule has 156 valence electrons. The fourth-order valence-electron chi connectivity index (χ4n) is 3.38. The van der Waals surface area contributed by atoms with Crippen LogP contribution in [0, 0.1) is 11.6 Å². The highest BCUT2D eigenvalue weighted by atomic mass is 32.2. The molecule has 1 amide bonds. The first-order valence-electron chi connectivity index (χ1n) is 9.70. The van der Waals surface area contributed by atoms with Gasteiger partial charge in [0.15, 0.2) is 11.0 Å². The third-order valence-corrected chi connectivity index (χ3v) is 5.75. The number of nitrogens with zero attached hydrogens (tertiary/aromatic N) is 4. The zero-order valence-electron chi connectivity index (χ0n) is 16.2. The quantitative estimate of drug-likeness (QED) is 0.578. The maximum absolute atomic E-state index is 13.8. The highest BCUT2D eigenvalue weighted by molar-refractivity contribution is 7.99. The Kier molecular flexibility index (Phi) is 6.39. The van der Waals surface area contributed by atoms with Gasteiger partial charge in [-0.2, -0.15) is 0 Å². The number of carbonyl (C=O) groups excluding carboxylic acids is 1. The first-order chi connectivity index (χ1) is 14.6. The topological polar surface area (TPSA) is 63.1 Å². The molecule has 0 unspecified atom stereocenters. The van der Waals surface area contributed by atoms with Gasteiger partial charge >= 0.3 is 0 Å². The van der Waals surface area contributed by atoms with Crippen molar-refractivity contribution >= 4 is 23.4 Å². The average molecular weight is 429 g/mol. The molecule has 1 aromatic heterocycles. The minimum absolute atomic E-state index is 0.0193. The number of anilines is 1. The molecule has 1 aliphatic rings. The maximum atomic E-state index is 13.8. The van der Waals surface area contributed by atoms with Crippen molar-refractivity contribution in [2.75, 3.05) is 24.2 Å². The second-order valence-electron chi connectivity index (χ2n) is 7.01. The van der Waals surface area contributed by atoms with E-state index in [9.17, 15) is 13.6 Å². The molecule has 0 saturated carbocycles. The Hall–Kier alpha value is -2.78. The molecule has 1 saturated heterocycles. The number of carbonyl (C=O) groups is 1. The standard InChI is InChI=1S/C21H21F2N5OS/c22-15-8-9-18(17(23)12-15)24-20(29)14-30-21-26-25-19(13-27-10-4-5-11-27)28(21)16-6-2-1-3-7-16/h1-3,6-9,12H,4-5,10-11,13-14H2,(H,24,29). The minimum Gasteiger partial charge on any atom is -0.323 e. The van der Waals surface area contributed by atoms with E-state index in [1.54, 1.807) is 0 Å². The van der Waals surface area contributed by atoms with Crippen molar-refractivity contribution in [1.29, 1.82) is 0 Å². The third-order valence-electron chi connectivity index (χ3n) is 4.82. The van der Waals surface area contributed by atoms with Gasteiger partial charge in [0.25, 0.3) is 0 Å². The predicted molar refractivity (Wildman–Crippen MR) is 112 cm³/mol. The van der Waals surface area contributed by atoms with Crippen LogP contribution in [-0.4, -0.2) is 44.4 Å². The number of thioether (sulfide) groups is 1. The van der Waals surface area contributed by atoms with E-state index in [4.69, 9.17) is 0 Å². The highest BCUT2D eigenvalue weighted by Gasteiger charge is 2.20. The molecule has 9 heteroatoms. The number of halogens is 2. The Morgan fingerprint density at radius 3 is 2.57 bits per heavy atom. The van der Waals surface area contributed by atoms with E-state index in [1.807, 2.05) is 34.9 Å². The van der Waals surface area contributed by atoms with Crippen molar-refractivity contribution in [2.24, 2.45) is 0 Å². The lowest BCUT2D eigenvalue weighted by Crippen LogP contribution is -2.21. The second kappa shape index (κ2) is 9.36. The van der Waals surface area contributed by atoms with Gasteiger partial charge in [0.2, 0.25) is 5.91 Å². The van der Waals surface area contributed by atoms with Crippen LogP contribution in [0.4, 0.5) is 14.5 Å². The first kappa shape index (κ1) is 20.5. The van der Waals surface area contributed by atoms with Crippen LogP contribution in [0.15, 0.2) is 53.7 Å². The molecule has 4 rings (SSSR count). The number of hydrogen-bond donors (Lipinski definition) is 1. The van der Waals surface area contributed by atoms with E-state index < -0.39 is 17.5 Å². The number of rotatable bonds is 7. The van der Waals surface area contributed by atoms with Crippen LogP contribution in [-0.2, 0) is 11.3 Å². The van der Waals surface area contributed by atoms with Crippen molar-refractivity contribution in [2.45, 2.75) is 24.5 Å². The lowest BCUT2D eigenvalue weighted by Gasteiger charge is -2.16. The van der Waals surface area contributed by atoms with Crippen molar-refractivity contribution in [3.05, 3.63) is 66.0 Å². The van der Waals surface area contributed by atoms with Crippen LogP contribution in [0.25, 0.3) is 5.69 Å². The summed E-state index contributed by atoms with van der Waals surface area (Å²) in [5.74, 6) is -1.08. The minimum atomic E-state index is -0.811. The SMILES string of the molecule is O=C(CSc1nnc(CN2CCCC2)n1-c1ccccc1)Nc1ccc(F)cc1F. The zero-order chi connectivity index (χ0) is 20.9. The molecular weight excluding hydrogens is 408 g/mol. The normalized spacial score (nSPS) is 14.2. The molecule has 0 spiro atoms. The van der Waals surface area contributed by atoms with Crippen LogP contribution >= 0.6 is 11.8 Å². The molecular formula is C21H21F2N5OS. The van der Waals surface area contributed by atoms with Gasteiger partial charge in [0.1, 0.15) is 11.6 Å². The van der Waals surface area contributed by atoms with E-state index in [-0.39, 0.29) is 11.4 Å². The molecule has 0 aliphatic carbocycles. The predicted octanol–water partition coefficient (Wildman–Crippen LogP) is 3.87. The van der Waals surface area contributed by atoms with Crippen molar-refractivity contribution in [3.63, 3.8) is 0 Å². The molecule has 6 nitrogen and oxygen atoms in total. The Morgan fingerprint density at radius 2 is 1.83 bits per heavy atom. The van der Waals surface area contributed by atoms with E-state index >= 15 is 0 Å². The Bertz CT molecular complexity index is 1020. The number of benzene rings is 2. The van der Waals surface area contributed by atoms with Crippen LogP contribution in [0.5, 0.6) is 0 Å². The molecule has 3 aromatic rings. The zero-order valence-corrected chi connectivity index (χ0v) is 17.0. The smallest absolute Gasteiger partial charge is 0.234 e. The summed E-state index contributed by atoms with van der Waals surface area (Å²) in [6.07, 6.45) is 2.36. The second-order valence-corrected chi connectivity index (χ2v) is 7.96. The summed E-state index contributed by atoms with van der Waals surface area (Å²) in [6.45, 7) is 2.76. The lowest BCUT2D eigenvalue weighted by molar-refractivity contribution is -0.113.